The van der Waals surface area contributed by atoms with Crippen LogP contribution < -0.4 is 24.3 Å². The first-order chi connectivity index (χ1) is 22.4. The number of rotatable bonds is 14. The lowest BCUT2D eigenvalue weighted by Gasteiger charge is -2.31. The van der Waals surface area contributed by atoms with Gasteiger partial charge in [0.05, 0.1) is 27.9 Å². The first-order valence-corrected chi connectivity index (χ1v) is 15.7. The van der Waals surface area contributed by atoms with Gasteiger partial charge in [0.2, 0.25) is 5.90 Å². The van der Waals surface area contributed by atoms with E-state index in [-0.39, 0.29) is 25.5 Å². The highest BCUT2D eigenvalue weighted by molar-refractivity contribution is 9.10. The van der Waals surface area contributed by atoms with Crippen molar-refractivity contribution in [1.82, 2.24) is 5.32 Å². The molecule has 2 atom stereocenters. The Kier molecular flexibility index (Phi) is 10.8. The van der Waals surface area contributed by atoms with Crippen molar-refractivity contribution in [3.8, 4) is 23.0 Å². The zero-order chi connectivity index (χ0) is 32.5. The summed E-state index contributed by atoms with van der Waals surface area (Å²) >= 11 is 3.52. The van der Waals surface area contributed by atoms with Crippen molar-refractivity contribution in [2.45, 2.75) is 31.0 Å². The van der Waals surface area contributed by atoms with Gasteiger partial charge in [0, 0.05) is 47.7 Å². The summed E-state index contributed by atoms with van der Waals surface area (Å²) in [5.41, 5.74) is 1.76. The van der Waals surface area contributed by atoms with Gasteiger partial charge in [-0.2, -0.15) is 0 Å². The highest BCUT2D eigenvalue weighted by Crippen LogP contribution is 2.43. The van der Waals surface area contributed by atoms with Crippen molar-refractivity contribution < 1.29 is 33.6 Å². The van der Waals surface area contributed by atoms with Crippen molar-refractivity contribution in [2.24, 2.45) is 4.99 Å². The van der Waals surface area contributed by atoms with E-state index in [0.717, 1.165) is 21.2 Å². The highest BCUT2D eigenvalue weighted by atomic mass is 79.9. The zero-order valence-corrected chi connectivity index (χ0v) is 27.6. The summed E-state index contributed by atoms with van der Waals surface area (Å²) in [6, 6.07) is 28.2. The summed E-state index contributed by atoms with van der Waals surface area (Å²) in [6.07, 6.45) is 0.0228. The molecule has 5 rings (SSSR count). The quantitative estimate of drug-likeness (QED) is 0.155. The zero-order valence-electron chi connectivity index (χ0n) is 26.0. The Labute approximate surface area is 277 Å². The molecule has 0 bridgehead atoms. The third kappa shape index (κ3) is 7.46. The second-order valence-electron chi connectivity index (χ2n) is 10.7. The summed E-state index contributed by atoms with van der Waals surface area (Å²) < 4.78 is 29.8. The number of amides is 1. The van der Waals surface area contributed by atoms with Crippen LogP contribution in [0.1, 0.15) is 34.8 Å². The number of halogens is 1. The minimum atomic E-state index is -1.38. The molecule has 0 saturated heterocycles. The van der Waals surface area contributed by atoms with Crippen molar-refractivity contribution >= 4 is 27.7 Å². The van der Waals surface area contributed by atoms with E-state index in [1.165, 1.54) is 0 Å². The van der Waals surface area contributed by atoms with E-state index in [4.69, 9.17) is 33.8 Å². The molecule has 0 fully saturated rings. The number of nitrogens with zero attached hydrogens (tertiary/aromatic N) is 1. The SMILES string of the molecule is COc1cccc([C@H]2OC(c3ccc(OCCCO)cc3)=N[C@@]2(Cc2ccc(Br)cc2)C(=O)NCc2ccc(OC)cc2OC)c1. The van der Waals surface area contributed by atoms with Gasteiger partial charge >= 0.3 is 0 Å². The van der Waals surface area contributed by atoms with E-state index in [2.05, 4.69) is 21.2 Å². The number of aliphatic imine (C=N–C) groups is 1. The molecular weight excluding hydrogens is 652 g/mol. The molecule has 0 aliphatic carbocycles. The highest BCUT2D eigenvalue weighted by Gasteiger charge is 2.53. The predicted octanol–water partition coefficient (Wildman–Crippen LogP) is 6.05. The van der Waals surface area contributed by atoms with Gasteiger partial charge in [0.25, 0.3) is 5.91 Å². The van der Waals surface area contributed by atoms with Crippen molar-refractivity contribution in [1.29, 1.82) is 0 Å². The van der Waals surface area contributed by atoms with Crippen molar-refractivity contribution in [3.63, 3.8) is 0 Å². The third-order valence-corrected chi connectivity index (χ3v) is 8.28. The number of ether oxygens (including phenoxy) is 5. The van der Waals surface area contributed by atoms with E-state index in [1.54, 1.807) is 27.4 Å². The number of aliphatic hydroxyl groups is 1. The Bertz CT molecular complexity index is 1660. The van der Waals surface area contributed by atoms with Gasteiger partial charge in [0.15, 0.2) is 11.6 Å². The average molecular weight is 690 g/mol. The number of nitrogens with one attached hydrogen (secondary N) is 1. The van der Waals surface area contributed by atoms with E-state index in [0.29, 0.717) is 47.5 Å². The van der Waals surface area contributed by atoms with E-state index in [9.17, 15) is 4.79 Å². The first kappa shape index (κ1) is 32.8. The summed E-state index contributed by atoms with van der Waals surface area (Å²) in [5, 5.41) is 12.2. The van der Waals surface area contributed by atoms with Crippen LogP contribution in [0.2, 0.25) is 0 Å². The number of hydrogen-bond donors (Lipinski definition) is 2. The molecule has 0 aromatic heterocycles. The second-order valence-corrected chi connectivity index (χ2v) is 11.6. The third-order valence-electron chi connectivity index (χ3n) is 7.75. The molecule has 9 nitrogen and oxygen atoms in total. The average Bonchev–Trinajstić information content (AvgIpc) is 3.49. The number of hydrogen-bond acceptors (Lipinski definition) is 8. The number of aliphatic hydroxyl groups excluding tert-OH is 1. The first-order valence-electron chi connectivity index (χ1n) is 14.9. The lowest BCUT2D eigenvalue weighted by Crippen LogP contribution is -2.49. The molecule has 10 heteroatoms. The standard InChI is InChI=1S/C36H37BrN2O7/c1-42-30-7-4-6-26(20-30)33-36(22-24-8-13-28(37)14-9-24,35(41)38-23-27-12-17-31(43-2)21-32(27)44-3)39-34(46-33)25-10-15-29(16-11-25)45-19-5-18-40/h4,6-17,20-21,33,40H,5,18-19,22-23H2,1-3H3,(H,38,41)/t33-,36-/m1/s1. The molecule has 1 aliphatic rings. The van der Waals surface area contributed by atoms with Crippen LogP contribution in [0.4, 0.5) is 0 Å². The fourth-order valence-electron chi connectivity index (χ4n) is 5.33. The summed E-state index contributed by atoms with van der Waals surface area (Å²) in [5.74, 6) is 2.58. The summed E-state index contributed by atoms with van der Waals surface area (Å²) in [6.45, 7) is 0.659. The Balaban J connectivity index is 1.57. The smallest absolute Gasteiger partial charge is 0.252 e. The molecule has 4 aromatic rings. The molecule has 0 radical (unpaired) electrons. The largest absolute Gasteiger partial charge is 0.497 e. The second kappa shape index (κ2) is 15.2. The fourth-order valence-corrected chi connectivity index (χ4v) is 5.59. The molecule has 0 spiro atoms. The van der Waals surface area contributed by atoms with Crippen LogP contribution in [0.15, 0.2) is 100 Å². The molecule has 0 unspecified atom stereocenters. The van der Waals surface area contributed by atoms with Gasteiger partial charge in [0.1, 0.15) is 23.0 Å². The number of benzene rings is 4. The Morgan fingerprint density at radius 3 is 2.33 bits per heavy atom. The lowest BCUT2D eigenvalue weighted by molar-refractivity contribution is -0.129. The van der Waals surface area contributed by atoms with Crippen molar-refractivity contribution in [3.05, 3.63) is 118 Å². The minimum Gasteiger partial charge on any atom is -0.497 e. The fraction of sp³-hybridized carbons (Fsp3) is 0.278. The maximum Gasteiger partial charge on any atom is 0.252 e. The lowest BCUT2D eigenvalue weighted by atomic mass is 9.82. The molecular formula is C36H37BrN2O7. The maximum absolute atomic E-state index is 14.6. The topological polar surface area (TPSA) is 108 Å². The number of carbonyl (C=O) groups is 1. The molecule has 0 saturated carbocycles. The summed E-state index contributed by atoms with van der Waals surface area (Å²) in [4.78, 5) is 19.7. The molecule has 240 valence electrons. The Morgan fingerprint density at radius 2 is 1.63 bits per heavy atom. The van der Waals surface area contributed by atoms with E-state index < -0.39 is 11.6 Å². The number of carbonyl (C=O) groups excluding carboxylic acids is 1. The maximum atomic E-state index is 14.6. The molecule has 1 heterocycles. The van der Waals surface area contributed by atoms with Crippen LogP contribution in [-0.2, 0) is 22.5 Å². The van der Waals surface area contributed by atoms with Crippen LogP contribution in [0.5, 0.6) is 23.0 Å². The Hall–Kier alpha value is -4.54. The van der Waals surface area contributed by atoms with Crippen LogP contribution in [0, 0.1) is 0 Å². The molecule has 1 amide bonds. The normalized spacial score (nSPS) is 17.1. The minimum absolute atomic E-state index is 0.0577. The van der Waals surface area contributed by atoms with E-state index >= 15 is 0 Å². The van der Waals surface area contributed by atoms with Crippen molar-refractivity contribution in [2.75, 3.05) is 34.5 Å². The molecule has 2 N–H and O–H groups in total. The van der Waals surface area contributed by atoms with Gasteiger partial charge in [-0.25, -0.2) is 4.99 Å². The number of methoxy groups -OCH3 is 3. The van der Waals surface area contributed by atoms with Gasteiger partial charge in [-0.15, -0.1) is 0 Å². The van der Waals surface area contributed by atoms with Gasteiger partial charge in [-0.1, -0.05) is 40.2 Å². The predicted molar refractivity (Wildman–Crippen MR) is 179 cm³/mol. The molecule has 4 aromatic carbocycles. The van der Waals surface area contributed by atoms with Crippen LogP contribution in [0.25, 0.3) is 0 Å². The summed E-state index contributed by atoms with van der Waals surface area (Å²) in [7, 11) is 4.78. The van der Waals surface area contributed by atoms with Crippen LogP contribution >= 0.6 is 15.9 Å². The monoisotopic (exact) mass is 688 g/mol. The van der Waals surface area contributed by atoms with Gasteiger partial charge in [-0.3, -0.25) is 4.79 Å². The Morgan fingerprint density at radius 1 is 0.913 bits per heavy atom. The molecule has 1 aliphatic heterocycles. The molecule has 46 heavy (non-hydrogen) atoms. The van der Waals surface area contributed by atoms with E-state index in [1.807, 2.05) is 84.9 Å². The van der Waals surface area contributed by atoms with Crippen LogP contribution in [-0.4, -0.2) is 57.0 Å². The van der Waals surface area contributed by atoms with Crippen LogP contribution in [0.3, 0.4) is 0 Å². The van der Waals surface area contributed by atoms with Gasteiger partial charge < -0.3 is 34.1 Å². The van der Waals surface area contributed by atoms with Gasteiger partial charge in [-0.05, 0) is 71.8 Å².